The number of para-hydroxylation sites is 1. The van der Waals surface area contributed by atoms with Crippen LogP contribution in [0.1, 0.15) is 47.2 Å². The van der Waals surface area contributed by atoms with Gasteiger partial charge in [-0.3, -0.25) is 0 Å². The Morgan fingerprint density at radius 1 is 0.234 bits per heavy atom. The lowest BCUT2D eigenvalue weighted by molar-refractivity contribution is 0.563. The maximum atomic E-state index is 2.55. The van der Waals surface area contributed by atoms with Gasteiger partial charge in [0.25, 0.3) is 0 Å². The summed E-state index contributed by atoms with van der Waals surface area (Å²) >= 11 is 0. The molecule has 0 aliphatic heterocycles. The summed E-state index contributed by atoms with van der Waals surface area (Å²) in [5.41, 5.74) is 27.3. The number of hydrogen-bond acceptors (Lipinski definition) is 1. The molecule has 0 aromatic heterocycles. The Bertz CT molecular complexity index is 4060. The van der Waals surface area contributed by atoms with E-state index in [0.717, 1.165) is 28.2 Å². The molecule has 0 heterocycles. The molecule has 0 unspecified atom stereocenters. The van der Waals surface area contributed by atoms with Crippen molar-refractivity contribution in [3.8, 4) is 77.9 Å². The van der Waals surface area contributed by atoms with Gasteiger partial charge in [-0.2, -0.15) is 0 Å². The molecule has 77 heavy (non-hydrogen) atoms. The van der Waals surface area contributed by atoms with Crippen molar-refractivity contribution in [2.45, 2.75) is 24.7 Å². The van der Waals surface area contributed by atoms with Crippen molar-refractivity contribution < 1.29 is 0 Å². The summed E-state index contributed by atoms with van der Waals surface area (Å²) in [7, 11) is 0. The second kappa shape index (κ2) is 18.7. The molecule has 14 rings (SSSR count). The van der Waals surface area contributed by atoms with Gasteiger partial charge in [0.15, 0.2) is 0 Å². The normalized spacial score (nSPS) is 13.3. The molecule has 0 N–H and O–H groups in total. The molecule has 1 heteroatoms. The van der Waals surface area contributed by atoms with E-state index in [1.54, 1.807) is 0 Å². The van der Waals surface area contributed by atoms with Gasteiger partial charge in [-0.1, -0.05) is 269 Å². The zero-order valence-electron chi connectivity index (χ0n) is 43.2. The van der Waals surface area contributed by atoms with Gasteiger partial charge in [-0.25, -0.2) is 0 Å². The number of hydrogen-bond donors (Lipinski definition) is 0. The van der Waals surface area contributed by atoms with E-state index in [-0.39, 0.29) is 5.41 Å². The van der Waals surface area contributed by atoms with Gasteiger partial charge in [0.05, 0.1) is 16.8 Å². The maximum Gasteiger partial charge on any atom is 0.0720 e. The Hall–Kier alpha value is -9.56. The highest BCUT2D eigenvalue weighted by Gasteiger charge is 2.54. The molecule has 0 saturated carbocycles. The average molecular weight is 982 g/mol. The molecule has 364 valence electrons. The molecule has 12 aromatic rings. The van der Waals surface area contributed by atoms with Crippen LogP contribution in [0.2, 0.25) is 0 Å². The maximum absolute atomic E-state index is 2.55. The minimum Gasteiger partial charge on any atom is -0.309 e. The first-order chi connectivity index (χ1) is 38.0. The standard InChI is InChI=1S/C76H55N/c1-75(2)67-38-19-21-40-69(67)76(70-41-22-20-39-68(70)75)66-37-18-16-36-65(66)74-71(76)42-24-44-73(74)77(59-47-45-54(46-48-59)58-50-56(52-25-6-3-7-26-52)49-57(51-58)53-27-8-4-9-28-53)72-43-23-17-35-64(72)63-34-15-14-33-62(63)61-32-13-12-31-60(61)55-29-10-5-11-30-55/h3-51H,1-2H3. The summed E-state index contributed by atoms with van der Waals surface area (Å²) < 4.78 is 0. The van der Waals surface area contributed by atoms with E-state index in [2.05, 4.69) is 316 Å². The first-order valence-corrected chi connectivity index (χ1v) is 26.9. The summed E-state index contributed by atoms with van der Waals surface area (Å²) in [5, 5.41) is 0. The topological polar surface area (TPSA) is 3.24 Å². The SMILES string of the molecule is CC1(C)c2ccccc2C2(c3ccccc3-c3c(N(c4ccc(-c5cc(-c6ccccc6)cc(-c6ccccc6)c5)cc4)c4ccccc4-c4ccccc4-c4ccccc4-c4ccccc4)cccc32)c2ccccc21. The molecular formula is C76H55N. The summed E-state index contributed by atoms with van der Waals surface area (Å²) in [4.78, 5) is 2.55. The van der Waals surface area contributed by atoms with Crippen molar-refractivity contribution in [1.29, 1.82) is 0 Å². The van der Waals surface area contributed by atoms with Crippen LogP contribution >= 0.6 is 0 Å². The van der Waals surface area contributed by atoms with Gasteiger partial charge < -0.3 is 4.90 Å². The molecule has 0 atom stereocenters. The zero-order valence-corrected chi connectivity index (χ0v) is 43.2. The lowest BCUT2D eigenvalue weighted by atomic mass is 9.55. The Labute approximate surface area is 452 Å². The fraction of sp³-hybridized carbons (Fsp3) is 0.0526. The van der Waals surface area contributed by atoms with Gasteiger partial charge >= 0.3 is 0 Å². The highest BCUT2D eigenvalue weighted by atomic mass is 15.1. The lowest BCUT2D eigenvalue weighted by Gasteiger charge is -2.46. The fourth-order valence-corrected chi connectivity index (χ4v) is 13.1. The minimum absolute atomic E-state index is 0.199. The number of rotatable bonds is 9. The average Bonchev–Trinajstić information content (AvgIpc) is 4.01. The molecule has 0 radical (unpaired) electrons. The van der Waals surface area contributed by atoms with Crippen LogP contribution in [0.15, 0.2) is 297 Å². The third kappa shape index (κ3) is 7.45. The van der Waals surface area contributed by atoms with Crippen molar-refractivity contribution in [3.63, 3.8) is 0 Å². The Balaban J connectivity index is 1.02. The molecular weight excluding hydrogens is 927 g/mol. The van der Waals surface area contributed by atoms with Crippen molar-refractivity contribution in [2.24, 2.45) is 0 Å². The van der Waals surface area contributed by atoms with E-state index in [0.29, 0.717) is 0 Å². The van der Waals surface area contributed by atoms with Crippen molar-refractivity contribution in [3.05, 3.63) is 331 Å². The summed E-state index contributed by atoms with van der Waals surface area (Å²) in [5.74, 6) is 0. The molecule has 2 aliphatic rings. The molecule has 12 aromatic carbocycles. The smallest absolute Gasteiger partial charge is 0.0720 e. The lowest BCUT2D eigenvalue weighted by Crippen LogP contribution is -2.40. The number of nitrogens with zero attached hydrogens (tertiary/aromatic N) is 1. The molecule has 0 saturated heterocycles. The third-order valence-electron chi connectivity index (χ3n) is 16.6. The van der Waals surface area contributed by atoms with Gasteiger partial charge in [0.2, 0.25) is 0 Å². The van der Waals surface area contributed by atoms with Gasteiger partial charge in [-0.05, 0) is 143 Å². The predicted octanol–water partition coefficient (Wildman–Crippen LogP) is 20.2. The highest BCUT2D eigenvalue weighted by Crippen LogP contribution is 2.64. The highest BCUT2D eigenvalue weighted by molar-refractivity contribution is 6.02. The van der Waals surface area contributed by atoms with E-state index in [9.17, 15) is 0 Å². The second-order valence-corrected chi connectivity index (χ2v) is 21.1. The third-order valence-corrected chi connectivity index (χ3v) is 16.6. The Morgan fingerprint density at radius 2 is 0.597 bits per heavy atom. The van der Waals surface area contributed by atoms with Crippen LogP contribution in [0.4, 0.5) is 17.1 Å². The van der Waals surface area contributed by atoms with Gasteiger partial charge in [0.1, 0.15) is 0 Å². The molecule has 0 fully saturated rings. The number of fused-ring (bicyclic) bond motifs is 9. The molecule has 1 nitrogen and oxygen atoms in total. The molecule has 1 spiro atoms. The van der Waals surface area contributed by atoms with E-state index in [1.807, 2.05) is 0 Å². The molecule has 2 aliphatic carbocycles. The summed E-state index contributed by atoms with van der Waals surface area (Å²) in [6.07, 6.45) is 0. The fourth-order valence-electron chi connectivity index (χ4n) is 13.1. The van der Waals surface area contributed by atoms with Crippen molar-refractivity contribution >= 4 is 17.1 Å². The van der Waals surface area contributed by atoms with E-state index in [1.165, 1.54) is 100 Å². The van der Waals surface area contributed by atoms with Crippen LogP contribution in [-0.2, 0) is 10.8 Å². The summed E-state index contributed by atoms with van der Waals surface area (Å²) in [6.45, 7) is 4.79. The van der Waals surface area contributed by atoms with Crippen LogP contribution in [0.3, 0.4) is 0 Å². The number of anilines is 3. The summed E-state index contributed by atoms with van der Waals surface area (Å²) in [6, 6.07) is 110. The molecule has 0 amide bonds. The van der Waals surface area contributed by atoms with Crippen molar-refractivity contribution in [1.82, 2.24) is 0 Å². The van der Waals surface area contributed by atoms with Crippen LogP contribution in [0, 0.1) is 0 Å². The zero-order chi connectivity index (χ0) is 51.5. The van der Waals surface area contributed by atoms with Crippen LogP contribution < -0.4 is 4.90 Å². The van der Waals surface area contributed by atoms with Crippen LogP contribution in [-0.4, -0.2) is 0 Å². The largest absolute Gasteiger partial charge is 0.309 e. The van der Waals surface area contributed by atoms with Gasteiger partial charge in [-0.15, -0.1) is 0 Å². The minimum atomic E-state index is -0.548. The molecule has 0 bridgehead atoms. The van der Waals surface area contributed by atoms with E-state index in [4.69, 9.17) is 0 Å². The van der Waals surface area contributed by atoms with E-state index >= 15 is 0 Å². The quantitative estimate of drug-likeness (QED) is 0.139. The number of benzene rings is 12. The van der Waals surface area contributed by atoms with Gasteiger partial charge in [0, 0.05) is 22.2 Å². The van der Waals surface area contributed by atoms with Crippen LogP contribution in [0.5, 0.6) is 0 Å². The Kier molecular flexibility index (Phi) is 11.2. The Morgan fingerprint density at radius 3 is 1.14 bits per heavy atom. The van der Waals surface area contributed by atoms with E-state index < -0.39 is 5.41 Å². The predicted molar refractivity (Wildman–Crippen MR) is 323 cm³/mol. The first-order valence-electron chi connectivity index (χ1n) is 26.9. The second-order valence-electron chi connectivity index (χ2n) is 21.1. The van der Waals surface area contributed by atoms with Crippen LogP contribution in [0.25, 0.3) is 77.9 Å². The monoisotopic (exact) mass is 981 g/mol. The van der Waals surface area contributed by atoms with Crippen molar-refractivity contribution in [2.75, 3.05) is 4.90 Å². The first kappa shape index (κ1) is 46.0.